The minimum absolute atomic E-state index is 0.218. The van der Waals surface area contributed by atoms with Crippen LogP contribution in [0.5, 0.6) is 0 Å². The van der Waals surface area contributed by atoms with Gasteiger partial charge in [0.2, 0.25) is 0 Å². The van der Waals surface area contributed by atoms with E-state index in [-0.39, 0.29) is 5.91 Å². The summed E-state index contributed by atoms with van der Waals surface area (Å²) in [6, 6.07) is 15.1. The summed E-state index contributed by atoms with van der Waals surface area (Å²) in [6.45, 7) is 2.34. The van der Waals surface area contributed by atoms with Crippen molar-refractivity contribution in [3.8, 4) is 11.5 Å². The van der Waals surface area contributed by atoms with Crippen molar-refractivity contribution in [2.75, 3.05) is 0 Å². The van der Waals surface area contributed by atoms with E-state index in [9.17, 15) is 4.79 Å². The third kappa shape index (κ3) is 3.02. The summed E-state index contributed by atoms with van der Waals surface area (Å²) in [4.78, 5) is 12.0. The van der Waals surface area contributed by atoms with E-state index in [4.69, 9.17) is 4.42 Å². The minimum Gasteiger partial charge on any atom is -0.460 e. The number of carbonyl (C=O) groups is 1. The highest BCUT2D eigenvalue weighted by atomic mass is 16.3. The number of carbonyl (C=O) groups excluding carboxylic acids is 1. The molecule has 2 aromatic heterocycles. The van der Waals surface area contributed by atoms with Crippen LogP contribution >= 0.6 is 0 Å². The lowest BCUT2D eigenvalue weighted by atomic mass is 10.2. The number of nitrogens with one attached hydrogen (secondary N) is 2. The molecule has 0 bridgehead atoms. The van der Waals surface area contributed by atoms with Crippen molar-refractivity contribution in [3.63, 3.8) is 0 Å². The second kappa shape index (κ2) is 5.66. The first-order valence-electron chi connectivity index (χ1n) is 6.67. The molecule has 0 atom stereocenters. The Morgan fingerprint density at radius 1 is 1.24 bits per heavy atom. The summed E-state index contributed by atoms with van der Waals surface area (Å²) in [5.41, 5.74) is 2.08. The van der Waals surface area contributed by atoms with Gasteiger partial charge in [0.1, 0.15) is 11.5 Å². The zero-order valence-electron chi connectivity index (χ0n) is 11.6. The third-order valence-corrected chi connectivity index (χ3v) is 3.11. The summed E-state index contributed by atoms with van der Waals surface area (Å²) < 4.78 is 5.49. The number of nitrogens with zero attached hydrogens (tertiary/aromatic N) is 1. The average Bonchev–Trinajstić information content (AvgIpc) is 3.14. The minimum atomic E-state index is -0.218. The number of H-pyrrole nitrogens is 1. The number of rotatable bonds is 4. The molecule has 0 saturated carbocycles. The molecule has 5 nitrogen and oxygen atoms in total. The summed E-state index contributed by atoms with van der Waals surface area (Å²) >= 11 is 0. The molecule has 0 aliphatic carbocycles. The lowest BCUT2D eigenvalue weighted by Gasteiger charge is -2.02. The van der Waals surface area contributed by atoms with Crippen LogP contribution in [0.25, 0.3) is 11.5 Å². The standard InChI is InChI=1S/C16H15N3O2/c1-11-7-8-15(21-11)13-9-14(19-18-13)16(20)17-10-12-5-3-2-4-6-12/h2-9H,10H2,1H3,(H,17,20)(H,18,19). The van der Waals surface area contributed by atoms with Gasteiger partial charge in [-0.2, -0.15) is 5.10 Å². The van der Waals surface area contributed by atoms with Gasteiger partial charge in [-0.15, -0.1) is 0 Å². The van der Waals surface area contributed by atoms with Crippen LogP contribution in [0.3, 0.4) is 0 Å². The number of aryl methyl sites for hydroxylation is 1. The van der Waals surface area contributed by atoms with Crippen molar-refractivity contribution < 1.29 is 9.21 Å². The number of hydrogen-bond donors (Lipinski definition) is 2. The summed E-state index contributed by atoms with van der Waals surface area (Å²) in [6.07, 6.45) is 0. The highest BCUT2D eigenvalue weighted by molar-refractivity contribution is 5.93. The molecule has 0 fully saturated rings. The van der Waals surface area contributed by atoms with Gasteiger partial charge in [0, 0.05) is 12.6 Å². The molecule has 0 saturated heterocycles. The average molecular weight is 281 g/mol. The Balaban J connectivity index is 1.67. The Bertz CT molecular complexity index is 744. The van der Waals surface area contributed by atoms with E-state index < -0.39 is 0 Å². The van der Waals surface area contributed by atoms with Gasteiger partial charge in [-0.25, -0.2) is 0 Å². The fourth-order valence-corrected chi connectivity index (χ4v) is 2.01. The molecule has 5 heteroatoms. The molecular formula is C16H15N3O2. The topological polar surface area (TPSA) is 70.9 Å². The number of hydrogen-bond acceptors (Lipinski definition) is 3. The van der Waals surface area contributed by atoms with Gasteiger partial charge in [0.25, 0.3) is 5.91 Å². The fourth-order valence-electron chi connectivity index (χ4n) is 2.01. The molecule has 0 radical (unpaired) electrons. The summed E-state index contributed by atoms with van der Waals surface area (Å²) in [5.74, 6) is 1.27. The van der Waals surface area contributed by atoms with Gasteiger partial charge in [-0.3, -0.25) is 9.89 Å². The van der Waals surface area contributed by atoms with Crippen LogP contribution in [0.1, 0.15) is 21.8 Å². The quantitative estimate of drug-likeness (QED) is 0.772. The fraction of sp³-hybridized carbons (Fsp3) is 0.125. The first-order valence-corrected chi connectivity index (χ1v) is 6.67. The van der Waals surface area contributed by atoms with Crippen LogP contribution in [-0.2, 0) is 6.54 Å². The predicted octanol–water partition coefficient (Wildman–Crippen LogP) is 2.91. The zero-order chi connectivity index (χ0) is 14.7. The molecule has 2 N–H and O–H groups in total. The van der Waals surface area contributed by atoms with Gasteiger partial charge in [0.05, 0.1) is 0 Å². The third-order valence-electron chi connectivity index (χ3n) is 3.11. The first-order chi connectivity index (χ1) is 10.2. The van der Waals surface area contributed by atoms with E-state index in [1.165, 1.54) is 0 Å². The van der Waals surface area contributed by atoms with Crippen LogP contribution in [-0.4, -0.2) is 16.1 Å². The number of aromatic amines is 1. The Hall–Kier alpha value is -2.82. The highest BCUT2D eigenvalue weighted by Crippen LogP contribution is 2.20. The van der Waals surface area contributed by atoms with Gasteiger partial charge in [0.15, 0.2) is 11.5 Å². The molecule has 1 aromatic carbocycles. The maximum absolute atomic E-state index is 12.0. The van der Waals surface area contributed by atoms with Crippen molar-refractivity contribution in [1.29, 1.82) is 0 Å². The summed E-state index contributed by atoms with van der Waals surface area (Å²) in [7, 11) is 0. The van der Waals surface area contributed by atoms with E-state index in [0.29, 0.717) is 23.7 Å². The van der Waals surface area contributed by atoms with Crippen LogP contribution < -0.4 is 5.32 Å². The van der Waals surface area contributed by atoms with E-state index in [0.717, 1.165) is 11.3 Å². The van der Waals surface area contributed by atoms with Crippen molar-refractivity contribution in [2.24, 2.45) is 0 Å². The van der Waals surface area contributed by atoms with Gasteiger partial charge >= 0.3 is 0 Å². The zero-order valence-corrected chi connectivity index (χ0v) is 11.6. The molecule has 106 valence electrons. The predicted molar refractivity (Wildman–Crippen MR) is 78.6 cm³/mol. The first kappa shape index (κ1) is 13.2. The summed E-state index contributed by atoms with van der Waals surface area (Å²) in [5, 5.41) is 9.66. The Morgan fingerprint density at radius 2 is 2.05 bits per heavy atom. The van der Waals surface area contributed by atoms with E-state index in [2.05, 4.69) is 15.5 Å². The van der Waals surface area contributed by atoms with Crippen molar-refractivity contribution in [1.82, 2.24) is 15.5 Å². The van der Waals surface area contributed by atoms with E-state index in [1.54, 1.807) is 6.07 Å². The molecule has 0 spiro atoms. The second-order valence-corrected chi connectivity index (χ2v) is 4.75. The monoisotopic (exact) mass is 281 g/mol. The van der Waals surface area contributed by atoms with E-state index in [1.807, 2.05) is 49.4 Å². The maximum Gasteiger partial charge on any atom is 0.272 e. The molecule has 0 aliphatic heterocycles. The SMILES string of the molecule is Cc1ccc(-c2cc(C(=O)NCc3ccccc3)n[nH]2)o1. The molecule has 3 aromatic rings. The van der Waals surface area contributed by atoms with Gasteiger partial charge in [-0.05, 0) is 24.6 Å². The van der Waals surface area contributed by atoms with Gasteiger partial charge in [-0.1, -0.05) is 30.3 Å². The van der Waals surface area contributed by atoms with Crippen LogP contribution in [0.2, 0.25) is 0 Å². The number of aromatic nitrogens is 2. The van der Waals surface area contributed by atoms with Crippen LogP contribution in [0.4, 0.5) is 0 Å². The van der Waals surface area contributed by atoms with Crippen molar-refractivity contribution in [2.45, 2.75) is 13.5 Å². The maximum atomic E-state index is 12.0. The van der Waals surface area contributed by atoms with Crippen LogP contribution in [0.15, 0.2) is 52.9 Å². The smallest absolute Gasteiger partial charge is 0.272 e. The Morgan fingerprint density at radius 3 is 2.76 bits per heavy atom. The van der Waals surface area contributed by atoms with Crippen molar-refractivity contribution in [3.05, 3.63) is 65.5 Å². The number of benzene rings is 1. The normalized spacial score (nSPS) is 10.5. The lowest BCUT2D eigenvalue weighted by molar-refractivity contribution is 0.0946. The molecule has 0 aliphatic rings. The van der Waals surface area contributed by atoms with Gasteiger partial charge < -0.3 is 9.73 Å². The second-order valence-electron chi connectivity index (χ2n) is 4.75. The molecule has 2 heterocycles. The molecule has 3 rings (SSSR count). The number of amides is 1. The lowest BCUT2D eigenvalue weighted by Crippen LogP contribution is -2.23. The molecular weight excluding hydrogens is 266 g/mol. The largest absolute Gasteiger partial charge is 0.460 e. The van der Waals surface area contributed by atoms with Crippen molar-refractivity contribution >= 4 is 5.91 Å². The highest BCUT2D eigenvalue weighted by Gasteiger charge is 2.12. The number of furan rings is 1. The van der Waals surface area contributed by atoms with Crippen LogP contribution in [0, 0.1) is 6.92 Å². The Labute approximate surface area is 122 Å². The van der Waals surface area contributed by atoms with E-state index >= 15 is 0 Å². The molecule has 1 amide bonds. The molecule has 21 heavy (non-hydrogen) atoms. The molecule has 0 unspecified atom stereocenters. The Kier molecular flexibility index (Phi) is 3.55.